The summed E-state index contributed by atoms with van der Waals surface area (Å²) in [5.41, 5.74) is 2.65. The minimum absolute atomic E-state index is 0.0729. The summed E-state index contributed by atoms with van der Waals surface area (Å²) >= 11 is 0. The first-order chi connectivity index (χ1) is 13.6. The van der Waals surface area contributed by atoms with E-state index in [-0.39, 0.29) is 24.3 Å². The first-order valence-corrected chi connectivity index (χ1v) is 9.32. The van der Waals surface area contributed by atoms with Crippen molar-refractivity contribution in [1.29, 1.82) is 0 Å². The molecule has 0 saturated carbocycles. The van der Waals surface area contributed by atoms with Crippen molar-refractivity contribution < 1.29 is 19.1 Å². The predicted octanol–water partition coefficient (Wildman–Crippen LogP) is 2.43. The molecule has 2 heterocycles. The van der Waals surface area contributed by atoms with E-state index in [0.29, 0.717) is 37.4 Å². The van der Waals surface area contributed by atoms with Gasteiger partial charge >= 0.3 is 0 Å². The summed E-state index contributed by atoms with van der Waals surface area (Å²) < 4.78 is 5.14. The molecule has 2 aromatic rings. The molecule has 0 bridgehead atoms. The Morgan fingerprint density at radius 3 is 2.43 bits per heavy atom. The van der Waals surface area contributed by atoms with E-state index in [2.05, 4.69) is 5.32 Å². The Kier molecular flexibility index (Phi) is 5.08. The lowest BCUT2D eigenvalue weighted by Crippen LogP contribution is -2.41. The van der Waals surface area contributed by atoms with Crippen molar-refractivity contribution in [2.24, 2.45) is 0 Å². The number of carbonyl (C=O) groups is 3. The second-order valence-corrected chi connectivity index (χ2v) is 6.80. The molecule has 2 aliphatic heterocycles. The molecule has 0 spiro atoms. The van der Waals surface area contributed by atoms with Crippen molar-refractivity contribution in [2.75, 3.05) is 41.4 Å². The minimum Gasteiger partial charge on any atom is -0.370 e. The molecular weight excluding hydrogens is 358 g/mol. The van der Waals surface area contributed by atoms with Crippen LogP contribution in [0.1, 0.15) is 23.2 Å². The number of hydrogen-bond acceptors (Lipinski definition) is 4. The first-order valence-electron chi connectivity index (χ1n) is 9.32. The normalized spacial score (nSPS) is 17.1. The molecule has 0 unspecified atom stereocenters. The number of hydrogen-bond donors (Lipinski definition) is 1. The number of anilines is 3. The lowest BCUT2D eigenvalue weighted by atomic mass is 10.1. The SMILES string of the molecule is O=C(Nc1ccc(N2CCOCC2=O)cc1)c1cccc(N2CCCC2=O)c1. The number of carbonyl (C=O) groups excluding carboxylic acids is 3. The molecule has 28 heavy (non-hydrogen) atoms. The first kappa shape index (κ1) is 18.2. The minimum atomic E-state index is -0.247. The molecule has 7 nitrogen and oxygen atoms in total. The number of nitrogens with zero attached hydrogens (tertiary/aromatic N) is 2. The van der Waals surface area contributed by atoms with Crippen LogP contribution >= 0.6 is 0 Å². The van der Waals surface area contributed by atoms with Gasteiger partial charge in [0.05, 0.1) is 6.61 Å². The quantitative estimate of drug-likeness (QED) is 0.885. The van der Waals surface area contributed by atoms with E-state index in [4.69, 9.17) is 4.74 Å². The number of amides is 3. The maximum absolute atomic E-state index is 12.6. The maximum Gasteiger partial charge on any atom is 0.255 e. The fourth-order valence-corrected chi connectivity index (χ4v) is 3.46. The van der Waals surface area contributed by atoms with Crippen molar-refractivity contribution in [2.45, 2.75) is 12.8 Å². The van der Waals surface area contributed by atoms with Gasteiger partial charge in [-0.25, -0.2) is 0 Å². The lowest BCUT2D eigenvalue weighted by Gasteiger charge is -2.26. The lowest BCUT2D eigenvalue weighted by molar-refractivity contribution is -0.125. The van der Waals surface area contributed by atoms with Gasteiger partial charge in [0.2, 0.25) is 5.91 Å². The molecule has 0 atom stereocenters. The molecule has 2 aliphatic rings. The van der Waals surface area contributed by atoms with Crippen LogP contribution in [0.3, 0.4) is 0 Å². The predicted molar refractivity (Wildman–Crippen MR) is 106 cm³/mol. The Bertz CT molecular complexity index is 910. The van der Waals surface area contributed by atoms with Crippen molar-refractivity contribution >= 4 is 34.8 Å². The summed E-state index contributed by atoms with van der Waals surface area (Å²) in [6.45, 7) is 1.81. The van der Waals surface area contributed by atoms with Gasteiger partial charge in [-0.2, -0.15) is 0 Å². The van der Waals surface area contributed by atoms with Gasteiger partial charge in [-0.3, -0.25) is 14.4 Å². The molecule has 2 aromatic carbocycles. The molecule has 0 aliphatic carbocycles. The smallest absolute Gasteiger partial charge is 0.255 e. The highest BCUT2D eigenvalue weighted by atomic mass is 16.5. The van der Waals surface area contributed by atoms with Gasteiger partial charge in [0.25, 0.3) is 11.8 Å². The van der Waals surface area contributed by atoms with Gasteiger partial charge in [0, 0.05) is 42.1 Å². The highest BCUT2D eigenvalue weighted by Gasteiger charge is 2.22. The summed E-state index contributed by atoms with van der Waals surface area (Å²) in [4.78, 5) is 39.8. The fraction of sp³-hybridized carbons (Fsp3) is 0.286. The Morgan fingerprint density at radius 2 is 1.71 bits per heavy atom. The van der Waals surface area contributed by atoms with Crippen LogP contribution in [0.5, 0.6) is 0 Å². The van der Waals surface area contributed by atoms with E-state index < -0.39 is 0 Å². The van der Waals surface area contributed by atoms with E-state index in [0.717, 1.165) is 17.8 Å². The molecule has 1 N–H and O–H groups in total. The van der Waals surface area contributed by atoms with Gasteiger partial charge in [-0.1, -0.05) is 6.07 Å². The molecule has 0 radical (unpaired) electrons. The van der Waals surface area contributed by atoms with Gasteiger partial charge in [0.1, 0.15) is 6.61 Å². The molecule has 0 aromatic heterocycles. The monoisotopic (exact) mass is 379 g/mol. The third-order valence-corrected chi connectivity index (χ3v) is 4.92. The van der Waals surface area contributed by atoms with Gasteiger partial charge in [-0.15, -0.1) is 0 Å². The standard InChI is InChI=1S/C21H21N3O4/c25-19-5-2-10-23(19)18-4-1-3-15(13-18)21(27)22-16-6-8-17(9-7-16)24-11-12-28-14-20(24)26/h1,3-4,6-9,13H,2,5,10-12,14H2,(H,22,27). The Balaban J connectivity index is 1.45. The van der Waals surface area contributed by atoms with Crippen LogP contribution in [0.15, 0.2) is 48.5 Å². The number of morpholine rings is 1. The third kappa shape index (κ3) is 3.75. The molecule has 4 rings (SSSR count). The van der Waals surface area contributed by atoms with Crippen LogP contribution in [0.25, 0.3) is 0 Å². The molecule has 2 saturated heterocycles. The molecule has 7 heteroatoms. The Hall–Kier alpha value is -3.19. The van der Waals surface area contributed by atoms with E-state index in [1.807, 2.05) is 6.07 Å². The van der Waals surface area contributed by atoms with E-state index in [1.165, 1.54) is 0 Å². The zero-order chi connectivity index (χ0) is 19.5. The molecular formula is C21H21N3O4. The average Bonchev–Trinajstić information content (AvgIpc) is 3.15. The van der Waals surface area contributed by atoms with Crippen LogP contribution in [0, 0.1) is 0 Å². The second-order valence-electron chi connectivity index (χ2n) is 6.80. The van der Waals surface area contributed by atoms with Gasteiger partial charge in [-0.05, 0) is 48.9 Å². The van der Waals surface area contributed by atoms with Crippen molar-refractivity contribution in [3.05, 3.63) is 54.1 Å². The highest BCUT2D eigenvalue weighted by Crippen LogP contribution is 2.23. The highest BCUT2D eigenvalue weighted by molar-refractivity contribution is 6.06. The van der Waals surface area contributed by atoms with Crippen LogP contribution in [-0.2, 0) is 14.3 Å². The third-order valence-electron chi connectivity index (χ3n) is 4.92. The van der Waals surface area contributed by atoms with Crippen molar-refractivity contribution in [1.82, 2.24) is 0 Å². The van der Waals surface area contributed by atoms with Crippen molar-refractivity contribution in [3.63, 3.8) is 0 Å². The Morgan fingerprint density at radius 1 is 0.929 bits per heavy atom. The van der Waals surface area contributed by atoms with Crippen LogP contribution in [0.4, 0.5) is 17.1 Å². The summed E-state index contributed by atoms with van der Waals surface area (Å²) in [6.07, 6.45) is 1.39. The summed E-state index contributed by atoms with van der Waals surface area (Å²) in [7, 11) is 0. The number of rotatable bonds is 4. The average molecular weight is 379 g/mol. The van der Waals surface area contributed by atoms with Gasteiger partial charge < -0.3 is 19.9 Å². The van der Waals surface area contributed by atoms with Gasteiger partial charge in [0.15, 0.2) is 0 Å². The Labute approximate surface area is 162 Å². The second kappa shape index (κ2) is 7.82. The number of ether oxygens (including phenoxy) is 1. The topological polar surface area (TPSA) is 79.0 Å². The number of nitrogens with one attached hydrogen (secondary N) is 1. The van der Waals surface area contributed by atoms with E-state index >= 15 is 0 Å². The summed E-state index contributed by atoms with van der Waals surface area (Å²) in [5.74, 6) is -0.231. The fourth-order valence-electron chi connectivity index (χ4n) is 3.46. The van der Waals surface area contributed by atoms with Crippen molar-refractivity contribution in [3.8, 4) is 0 Å². The van der Waals surface area contributed by atoms with Crippen LogP contribution < -0.4 is 15.1 Å². The van der Waals surface area contributed by atoms with E-state index in [9.17, 15) is 14.4 Å². The van der Waals surface area contributed by atoms with Crippen LogP contribution in [-0.4, -0.2) is 44.0 Å². The zero-order valence-corrected chi connectivity index (χ0v) is 15.4. The number of benzene rings is 2. The molecule has 3 amide bonds. The zero-order valence-electron chi connectivity index (χ0n) is 15.4. The molecule has 2 fully saturated rings. The summed E-state index contributed by atoms with van der Waals surface area (Å²) in [5, 5.41) is 2.86. The maximum atomic E-state index is 12.6. The van der Waals surface area contributed by atoms with E-state index in [1.54, 1.807) is 52.3 Å². The van der Waals surface area contributed by atoms with Crippen LogP contribution in [0.2, 0.25) is 0 Å². The summed E-state index contributed by atoms with van der Waals surface area (Å²) in [6, 6.07) is 14.2. The largest absolute Gasteiger partial charge is 0.370 e. The molecule has 144 valence electrons.